The van der Waals surface area contributed by atoms with Gasteiger partial charge >= 0.3 is 0 Å². The molecule has 11 heteroatoms. The van der Waals surface area contributed by atoms with Gasteiger partial charge in [0.25, 0.3) is 5.56 Å². The van der Waals surface area contributed by atoms with E-state index >= 15 is 0 Å². The van der Waals surface area contributed by atoms with Gasteiger partial charge in [0.15, 0.2) is 0 Å². The second-order valence-electron chi connectivity index (χ2n) is 7.42. The van der Waals surface area contributed by atoms with Gasteiger partial charge in [-0.2, -0.15) is 4.31 Å². The molecule has 3 heterocycles. The molecule has 2 aromatic heterocycles. The number of carbonyl (C=O) groups excluding carboxylic acids is 1. The van der Waals surface area contributed by atoms with Gasteiger partial charge in [0.2, 0.25) is 15.9 Å². The van der Waals surface area contributed by atoms with E-state index in [0.717, 1.165) is 19.3 Å². The van der Waals surface area contributed by atoms with Crippen molar-refractivity contribution in [3.8, 4) is 5.75 Å². The SMILES string of the molecule is CCOc1ccc(NC(=O)Cn2cnc3sccc3c2=O)cc1S(=O)(=O)N1CCCCC1. The van der Waals surface area contributed by atoms with Crippen LogP contribution in [0.2, 0.25) is 0 Å². The molecule has 9 nitrogen and oxygen atoms in total. The number of thiophene rings is 1. The summed E-state index contributed by atoms with van der Waals surface area (Å²) in [5.74, 6) is -0.214. The minimum Gasteiger partial charge on any atom is -0.492 e. The van der Waals surface area contributed by atoms with E-state index in [2.05, 4.69) is 10.3 Å². The Morgan fingerprint density at radius 2 is 2.00 bits per heavy atom. The zero-order chi connectivity index (χ0) is 22.7. The molecule has 1 fully saturated rings. The Bertz CT molecular complexity index is 1290. The molecular weight excluding hydrogens is 452 g/mol. The zero-order valence-corrected chi connectivity index (χ0v) is 19.2. The minimum atomic E-state index is -3.76. The number of rotatable bonds is 7. The third kappa shape index (κ3) is 4.54. The number of nitrogens with zero attached hydrogens (tertiary/aromatic N) is 3. The van der Waals surface area contributed by atoms with E-state index in [1.165, 1.54) is 32.6 Å². The van der Waals surface area contributed by atoms with Crippen LogP contribution >= 0.6 is 11.3 Å². The Morgan fingerprint density at radius 1 is 1.22 bits per heavy atom. The predicted octanol–water partition coefficient (Wildman–Crippen LogP) is 2.67. The molecule has 1 N–H and O–H groups in total. The molecule has 32 heavy (non-hydrogen) atoms. The van der Waals surface area contributed by atoms with Gasteiger partial charge < -0.3 is 10.1 Å². The van der Waals surface area contributed by atoms with Crippen molar-refractivity contribution in [2.45, 2.75) is 37.6 Å². The van der Waals surface area contributed by atoms with Gasteiger partial charge in [0, 0.05) is 18.8 Å². The Kier molecular flexibility index (Phi) is 6.58. The summed E-state index contributed by atoms with van der Waals surface area (Å²) in [6.45, 7) is 2.79. The van der Waals surface area contributed by atoms with Crippen molar-refractivity contribution in [2.24, 2.45) is 0 Å². The van der Waals surface area contributed by atoms with Crippen LogP contribution in [0.25, 0.3) is 10.2 Å². The van der Waals surface area contributed by atoms with E-state index in [0.29, 0.717) is 35.6 Å². The number of hydrogen-bond acceptors (Lipinski definition) is 7. The lowest BCUT2D eigenvalue weighted by Gasteiger charge is -2.27. The first kappa shape index (κ1) is 22.4. The van der Waals surface area contributed by atoms with Crippen molar-refractivity contribution in [2.75, 3.05) is 25.0 Å². The summed E-state index contributed by atoms with van der Waals surface area (Å²) < 4.78 is 34.7. The van der Waals surface area contributed by atoms with E-state index in [1.54, 1.807) is 30.5 Å². The van der Waals surface area contributed by atoms with Crippen LogP contribution in [0.3, 0.4) is 0 Å². The normalized spacial score (nSPS) is 15.0. The van der Waals surface area contributed by atoms with Crippen LogP contribution in [-0.2, 0) is 21.4 Å². The molecule has 4 rings (SSSR count). The Morgan fingerprint density at radius 3 is 2.75 bits per heavy atom. The topological polar surface area (TPSA) is 111 Å². The molecule has 0 aliphatic carbocycles. The van der Waals surface area contributed by atoms with Gasteiger partial charge in [-0.15, -0.1) is 11.3 Å². The third-order valence-electron chi connectivity index (χ3n) is 5.22. The number of benzene rings is 1. The van der Waals surface area contributed by atoms with Crippen molar-refractivity contribution < 1.29 is 17.9 Å². The molecule has 0 atom stereocenters. The van der Waals surface area contributed by atoms with Crippen molar-refractivity contribution >= 4 is 43.2 Å². The molecule has 0 radical (unpaired) electrons. The van der Waals surface area contributed by atoms with Gasteiger partial charge in [-0.05, 0) is 49.4 Å². The van der Waals surface area contributed by atoms with Crippen LogP contribution in [0.1, 0.15) is 26.2 Å². The number of nitrogens with one attached hydrogen (secondary N) is 1. The fourth-order valence-corrected chi connectivity index (χ4v) is 6.07. The number of aromatic nitrogens is 2. The Balaban J connectivity index is 1.58. The van der Waals surface area contributed by atoms with Crippen molar-refractivity contribution in [1.82, 2.24) is 13.9 Å². The molecule has 1 aliphatic rings. The highest BCUT2D eigenvalue weighted by molar-refractivity contribution is 7.89. The molecule has 1 aromatic carbocycles. The smallest absolute Gasteiger partial charge is 0.262 e. The molecule has 1 aliphatic heterocycles. The first-order valence-electron chi connectivity index (χ1n) is 10.4. The second-order valence-corrected chi connectivity index (χ2v) is 10.2. The summed E-state index contributed by atoms with van der Waals surface area (Å²) in [5.41, 5.74) is 0.0121. The number of fused-ring (bicyclic) bond motifs is 1. The number of ether oxygens (including phenoxy) is 1. The average Bonchev–Trinajstić information content (AvgIpc) is 3.27. The maximum atomic E-state index is 13.2. The van der Waals surface area contributed by atoms with Gasteiger partial charge in [-0.25, -0.2) is 13.4 Å². The maximum absolute atomic E-state index is 13.2. The molecule has 0 unspecified atom stereocenters. The lowest BCUT2D eigenvalue weighted by Crippen LogP contribution is -2.35. The van der Waals surface area contributed by atoms with Gasteiger partial charge in [-0.3, -0.25) is 14.2 Å². The summed E-state index contributed by atoms with van der Waals surface area (Å²) in [5, 5.41) is 4.91. The van der Waals surface area contributed by atoms with E-state index in [4.69, 9.17) is 4.74 Å². The summed E-state index contributed by atoms with van der Waals surface area (Å²) in [7, 11) is -3.76. The first-order valence-corrected chi connectivity index (χ1v) is 12.7. The fourth-order valence-electron chi connectivity index (χ4n) is 3.67. The van der Waals surface area contributed by atoms with E-state index in [-0.39, 0.29) is 22.7 Å². The van der Waals surface area contributed by atoms with Crippen LogP contribution < -0.4 is 15.6 Å². The van der Waals surface area contributed by atoms with Crippen LogP contribution in [-0.4, -0.2) is 47.9 Å². The monoisotopic (exact) mass is 476 g/mol. The fraction of sp³-hybridized carbons (Fsp3) is 0.381. The highest BCUT2D eigenvalue weighted by Gasteiger charge is 2.29. The number of carbonyl (C=O) groups is 1. The minimum absolute atomic E-state index is 0.0255. The lowest BCUT2D eigenvalue weighted by molar-refractivity contribution is -0.116. The number of sulfonamides is 1. The summed E-state index contributed by atoms with van der Waals surface area (Å²) in [6.07, 6.45) is 3.98. The summed E-state index contributed by atoms with van der Waals surface area (Å²) in [6, 6.07) is 6.21. The van der Waals surface area contributed by atoms with Crippen molar-refractivity contribution in [3.63, 3.8) is 0 Å². The third-order valence-corrected chi connectivity index (χ3v) is 7.97. The molecule has 1 amide bonds. The molecule has 170 valence electrons. The highest BCUT2D eigenvalue weighted by atomic mass is 32.2. The van der Waals surface area contributed by atoms with Crippen molar-refractivity contribution in [3.05, 3.63) is 46.3 Å². The lowest BCUT2D eigenvalue weighted by atomic mass is 10.2. The van der Waals surface area contributed by atoms with Gasteiger partial charge in [-0.1, -0.05) is 6.42 Å². The number of piperidine rings is 1. The average molecular weight is 477 g/mol. The number of amides is 1. The molecule has 0 saturated carbocycles. The Hall–Kier alpha value is -2.76. The van der Waals surface area contributed by atoms with E-state index < -0.39 is 15.9 Å². The molecule has 3 aromatic rings. The molecule has 1 saturated heterocycles. The summed E-state index contributed by atoms with van der Waals surface area (Å²) in [4.78, 5) is 29.9. The summed E-state index contributed by atoms with van der Waals surface area (Å²) >= 11 is 1.35. The number of anilines is 1. The first-order chi connectivity index (χ1) is 15.4. The van der Waals surface area contributed by atoms with Crippen LogP contribution in [0.15, 0.2) is 45.7 Å². The largest absolute Gasteiger partial charge is 0.492 e. The van der Waals surface area contributed by atoms with Gasteiger partial charge in [0.1, 0.15) is 22.0 Å². The number of hydrogen-bond donors (Lipinski definition) is 1. The molecule has 0 spiro atoms. The second kappa shape index (κ2) is 9.39. The standard InChI is InChI=1S/C21H24N4O5S2/c1-2-30-17-7-6-15(12-18(17)32(28,29)25-9-4-3-5-10-25)23-19(26)13-24-14-22-20-16(21(24)27)8-11-31-20/h6-8,11-12,14H,2-5,9-10,13H2,1H3,(H,23,26). The molecule has 0 bridgehead atoms. The van der Waals surface area contributed by atoms with Crippen LogP contribution in [0.4, 0.5) is 5.69 Å². The Labute approximate surface area is 189 Å². The zero-order valence-electron chi connectivity index (χ0n) is 17.6. The maximum Gasteiger partial charge on any atom is 0.262 e. The van der Waals surface area contributed by atoms with E-state index in [9.17, 15) is 18.0 Å². The van der Waals surface area contributed by atoms with Crippen LogP contribution in [0, 0.1) is 0 Å². The molecular formula is C21H24N4O5S2. The predicted molar refractivity (Wildman–Crippen MR) is 123 cm³/mol. The van der Waals surface area contributed by atoms with E-state index in [1.807, 2.05) is 0 Å². The van der Waals surface area contributed by atoms with Crippen molar-refractivity contribution in [1.29, 1.82) is 0 Å². The van der Waals surface area contributed by atoms with Gasteiger partial charge in [0.05, 0.1) is 18.3 Å². The van der Waals surface area contributed by atoms with Crippen LogP contribution in [0.5, 0.6) is 5.75 Å². The highest BCUT2D eigenvalue weighted by Crippen LogP contribution is 2.31. The quantitative estimate of drug-likeness (QED) is 0.561.